The van der Waals surface area contributed by atoms with Crippen molar-refractivity contribution in [3.8, 4) is 23.3 Å². The lowest BCUT2D eigenvalue weighted by Gasteiger charge is -2.17. The summed E-state index contributed by atoms with van der Waals surface area (Å²) in [5, 5.41) is 2.58. The third-order valence-corrected chi connectivity index (χ3v) is 5.73. The number of para-hydroxylation sites is 1. The van der Waals surface area contributed by atoms with Crippen molar-refractivity contribution < 1.29 is 22.7 Å². The number of anilines is 1. The highest BCUT2D eigenvalue weighted by atomic mass is 32.2. The van der Waals surface area contributed by atoms with Gasteiger partial charge in [-0.2, -0.15) is 4.72 Å². The maximum Gasteiger partial charge on any atom is 0.241 e. The van der Waals surface area contributed by atoms with Gasteiger partial charge in [0.15, 0.2) is 11.5 Å². The first kappa shape index (κ1) is 21.7. The zero-order chi connectivity index (χ0) is 21.8. The van der Waals surface area contributed by atoms with Crippen LogP contribution < -0.4 is 19.5 Å². The molecule has 0 radical (unpaired) electrons. The van der Waals surface area contributed by atoms with Gasteiger partial charge in [0, 0.05) is 24.6 Å². The SMILES string of the molecule is CC(=O)Nc1ccc(S(=O)(=O)NCC#CCOc2cccc3c2OC(C)(C)C3)cc1. The molecule has 7 nitrogen and oxygen atoms in total. The van der Waals surface area contributed by atoms with Gasteiger partial charge < -0.3 is 14.8 Å². The molecule has 1 aliphatic rings. The van der Waals surface area contributed by atoms with Crippen LogP contribution >= 0.6 is 0 Å². The van der Waals surface area contributed by atoms with E-state index in [0.29, 0.717) is 11.4 Å². The standard InChI is InChI=1S/C22H24N2O5S/c1-16(25)24-18-9-11-19(12-10-18)30(26,27)23-13-4-5-14-28-20-8-6-7-17-15-22(2,3)29-21(17)20/h6-12,23H,13-15H2,1-3H3,(H,24,25). The highest BCUT2D eigenvalue weighted by molar-refractivity contribution is 7.89. The number of nitrogens with one attached hydrogen (secondary N) is 2. The molecule has 0 spiro atoms. The van der Waals surface area contributed by atoms with Gasteiger partial charge in [-0.05, 0) is 44.2 Å². The van der Waals surface area contributed by atoms with E-state index in [1.54, 1.807) is 0 Å². The van der Waals surface area contributed by atoms with Crippen LogP contribution in [-0.2, 0) is 21.2 Å². The molecule has 0 atom stereocenters. The summed E-state index contributed by atoms with van der Waals surface area (Å²) in [5.41, 5.74) is 1.37. The minimum atomic E-state index is -3.69. The van der Waals surface area contributed by atoms with Crippen LogP contribution in [0.1, 0.15) is 26.3 Å². The molecular weight excluding hydrogens is 404 g/mol. The van der Waals surface area contributed by atoms with Crippen LogP contribution in [0.15, 0.2) is 47.4 Å². The van der Waals surface area contributed by atoms with Crippen molar-refractivity contribution in [1.82, 2.24) is 4.72 Å². The van der Waals surface area contributed by atoms with Gasteiger partial charge in [-0.1, -0.05) is 24.0 Å². The number of hydrogen-bond acceptors (Lipinski definition) is 5. The summed E-state index contributed by atoms with van der Waals surface area (Å²) in [7, 11) is -3.69. The molecule has 0 fully saturated rings. The maximum absolute atomic E-state index is 12.3. The first-order valence-corrected chi connectivity index (χ1v) is 10.9. The fourth-order valence-electron chi connectivity index (χ4n) is 3.06. The Morgan fingerprint density at radius 1 is 1.17 bits per heavy atom. The molecule has 2 aromatic rings. The Hall–Kier alpha value is -3.02. The van der Waals surface area contributed by atoms with Crippen LogP contribution in [0.5, 0.6) is 11.5 Å². The number of carbonyl (C=O) groups is 1. The molecule has 1 aliphatic heterocycles. The van der Waals surface area contributed by atoms with Crippen molar-refractivity contribution >= 4 is 21.6 Å². The average molecular weight is 429 g/mol. The van der Waals surface area contributed by atoms with Gasteiger partial charge in [0.25, 0.3) is 0 Å². The molecule has 0 bridgehead atoms. The summed E-state index contributed by atoms with van der Waals surface area (Å²) in [5.74, 6) is 6.69. The van der Waals surface area contributed by atoms with E-state index >= 15 is 0 Å². The van der Waals surface area contributed by atoms with Crippen molar-refractivity contribution in [3.05, 3.63) is 48.0 Å². The Morgan fingerprint density at radius 3 is 2.60 bits per heavy atom. The summed E-state index contributed by atoms with van der Waals surface area (Å²) < 4.78 is 38.6. The third-order valence-electron chi connectivity index (χ3n) is 4.32. The van der Waals surface area contributed by atoms with E-state index < -0.39 is 10.0 Å². The number of carbonyl (C=O) groups excluding carboxylic acids is 1. The van der Waals surface area contributed by atoms with Crippen molar-refractivity contribution in [2.45, 2.75) is 37.7 Å². The van der Waals surface area contributed by atoms with E-state index in [1.807, 2.05) is 32.0 Å². The monoisotopic (exact) mass is 428 g/mol. The Morgan fingerprint density at radius 2 is 1.90 bits per heavy atom. The van der Waals surface area contributed by atoms with E-state index in [4.69, 9.17) is 9.47 Å². The van der Waals surface area contributed by atoms with Crippen molar-refractivity contribution in [2.24, 2.45) is 0 Å². The van der Waals surface area contributed by atoms with Crippen LogP contribution in [-0.4, -0.2) is 33.1 Å². The number of ether oxygens (including phenoxy) is 2. The molecule has 0 saturated heterocycles. The van der Waals surface area contributed by atoms with Crippen LogP contribution in [0.3, 0.4) is 0 Å². The average Bonchev–Trinajstić information content (AvgIpc) is 2.99. The minimum Gasteiger partial charge on any atom is -0.483 e. The normalized spacial score (nSPS) is 14.1. The summed E-state index contributed by atoms with van der Waals surface area (Å²) in [6, 6.07) is 11.6. The molecule has 0 aliphatic carbocycles. The molecular formula is C22H24N2O5S. The van der Waals surface area contributed by atoms with Gasteiger partial charge in [0.2, 0.25) is 15.9 Å². The Kier molecular flexibility index (Phi) is 6.34. The van der Waals surface area contributed by atoms with Gasteiger partial charge in [-0.15, -0.1) is 0 Å². The lowest BCUT2D eigenvalue weighted by molar-refractivity contribution is -0.114. The highest BCUT2D eigenvalue weighted by Gasteiger charge is 2.32. The lowest BCUT2D eigenvalue weighted by Crippen LogP contribution is -2.24. The number of amides is 1. The van der Waals surface area contributed by atoms with Gasteiger partial charge in [-0.25, -0.2) is 8.42 Å². The molecule has 3 rings (SSSR count). The van der Waals surface area contributed by atoms with Gasteiger partial charge in [0.05, 0.1) is 11.4 Å². The zero-order valence-corrected chi connectivity index (χ0v) is 17.9. The van der Waals surface area contributed by atoms with Gasteiger partial charge in [-0.3, -0.25) is 4.79 Å². The third kappa shape index (κ3) is 5.53. The summed E-state index contributed by atoms with van der Waals surface area (Å²) in [6.07, 6.45) is 0.818. The molecule has 2 N–H and O–H groups in total. The van der Waals surface area contributed by atoms with E-state index in [9.17, 15) is 13.2 Å². The second kappa shape index (κ2) is 8.78. The number of fused-ring (bicyclic) bond motifs is 1. The van der Waals surface area contributed by atoms with Crippen LogP contribution in [0.2, 0.25) is 0 Å². The molecule has 0 saturated carbocycles. The predicted octanol–water partition coefficient (Wildman–Crippen LogP) is 2.72. The zero-order valence-electron chi connectivity index (χ0n) is 17.1. The molecule has 158 valence electrons. The minimum absolute atomic E-state index is 0.0461. The van der Waals surface area contributed by atoms with E-state index in [0.717, 1.165) is 17.7 Å². The van der Waals surface area contributed by atoms with Crippen LogP contribution in [0.25, 0.3) is 0 Å². The highest BCUT2D eigenvalue weighted by Crippen LogP contribution is 2.41. The van der Waals surface area contributed by atoms with Crippen molar-refractivity contribution in [1.29, 1.82) is 0 Å². The van der Waals surface area contributed by atoms with Gasteiger partial charge >= 0.3 is 0 Å². The molecule has 0 unspecified atom stereocenters. The second-order valence-electron chi connectivity index (χ2n) is 7.46. The molecule has 1 amide bonds. The quantitative estimate of drug-likeness (QED) is 0.690. The van der Waals surface area contributed by atoms with E-state index in [-0.39, 0.29) is 29.6 Å². The van der Waals surface area contributed by atoms with E-state index in [1.165, 1.54) is 31.2 Å². The number of hydrogen-bond donors (Lipinski definition) is 2. The smallest absolute Gasteiger partial charge is 0.241 e. The second-order valence-corrected chi connectivity index (χ2v) is 9.22. The van der Waals surface area contributed by atoms with Gasteiger partial charge in [0.1, 0.15) is 12.2 Å². The number of rotatable bonds is 6. The summed E-state index contributed by atoms with van der Waals surface area (Å²) in [6.45, 7) is 5.50. The largest absolute Gasteiger partial charge is 0.483 e. The fraction of sp³-hybridized carbons (Fsp3) is 0.318. The van der Waals surface area contributed by atoms with Crippen LogP contribution in [0.4, 0.5) is 5.69 Å². The molecule has 2 aromatic carbocycles. The molecule has 0 aromatic heterocycles. The summed E-state index contributed by atoms with van der Waals surface area (Å²) >= 11 is 0. The number of benzene rings is 2. The fourth-order valence-corrected chi connectivity index (χ4v) is 3.99. The summed E-state index contributed by atoms with van der Waals surface area (Å²) in [4.78, 5) is 11.1. The molecule has 30 heavy (non-hydrogen) atoms. The predicted molar refractivity (Wildman–Crippen MR) is 114 cm³/mol. The maximum atomic E-state index is 12.3. The van der Waals surface area contributed by atoms with Crippen molar-refractivity contribution in [3.63, 3.8) is 0 Å². The first-order chi connectivity index (χ1) is 14.2. The van der Waals surface area contributed by atoms with Crippen LogP contribution in [0, 0.1) is 11.8 Å². The molecule has 1 heterocycles. The lowest BCUT2D eigenvalue weighted by atomic mass is 10.0. The Balaban J connectivity index is 1.51. The Labute approximate surface area is 176 Å². The topological polar surface area (TPSA) is 93.7 Å². The molecule has 8 heteroatoms. The van der Waals surface area contributed by atoms with E-state index in [2.05, 4.69) is 21.9 Å². The number of sulfonamides is 1. The Bertz CT molecular complexity index is 1100. The first-order valence-electron chi connectivity index (χ1n) is 9.43. The van der Waals surface area contributed by atoms with Crippen molar-refractivity contribution in [2.75, 3.05) is 18.5 Å².